The minimum Gasteiger partial charge on any atom is -0.497 e. The predicted octanol–water partition coefficient (Wildman–Crippen LogP) is 2.57. The number of benzene rings is 1. The second-order valence-electron chi connectivity index (χ2n) is 6.02. The lowest BCUT2D eigenvalue weighted by molar-refractivity contribution is 0.187. The molecule has 0 saturated heterocycles. The minimum absolute atomic E-state index is 0.334. The van der Waals surface area contributed by atoms with Gasteiger partial charge in [0, 0.05) is 17.8 Å². The SMILES string of the molecule is CCNC(=NCC(O)c1ccc(OC)cc1)NC1CCC(SC)C1. The first kappa shape index (κ1) is 18.9. The Morgan fingerprint density at radius 1 is 1.38 bits per heavy atom. The van der Waals surface area contributed by atoms with Crippen molar-refractivity contribution in [2.75, 3.05) is 26.5 Å². The monoisotopic (exact) mass is 351 g/mol. The maximum absolute atomic E-state index is 10.3. The second kappa shape index (κ2) is 9.79. The maximum Gasteiger partial charge on any atom is 0.191 e. The van der Waals surface area contributed by atoms with Crippen LogP contribution in [0.4, 0.5) is 0 Å². The fraction of sp³-hybridized carbons (Fsp3) is 0.611. The van der Waals surface area contributed by atoms with E-state index in [0.717, 1.165) is 29.1 Å². The summed E-state index contributed by atoms with van der Waals surface area (Å²) in [6.45, 7) is 3.19. The molecular weight excluding hydrogens is 322 g/mol. The highest BCUT2D eigenvalue weighted by molar-refractivity contribution is 7.99. The van der Waals surface area contributed by atoms with E-state index in [1.165, 1.54) is 19.3 Å². The lowest BCUT2D eigenvalue weighted by Gasteiger charge is -2.18. The number of methoxy groups -OCH3 is 1. The number of hydrogen-bond donors (Lipinski definition) is 3. The molecule has 5 nitrogen and oxygen atoms in total. The van der Waals surface area contributed by atoms with Gasteiger partial charge in [0.15, 0.2) is 5.96 Å². The molecule has 0 spiro atoms. The van der Waals surface area contributed by atoms with Crippen LogP contribution < -0.4 is 15.4 Å². The average Bonchev–Trinajstić information content (AvgIpc) is 3.07. The van der Waals surface area contributed by atoms with Crippen molar-refractivity contribution in [3.05, 3.63) is 29.8 Å². The van der Waals surface area contributed by atoms with Crippen LogP contribution in [-0.2, 0) is 0 Å². The van der Waals surface area contributed by atoms with Crippen LogP contribution in [0.15, 0.2) is 29.3 Å². The summed E-state index contributed by atoms with van der Waals surface area (Å²) in [5.41, 5.74) is 0.846. The van der Waals surface area contributed by atoms with Crippen molar-refractivity contribution in [1.29, 1.82) is 0 Å². The Labute approximate surface area is 149 Å². The fourth-order valence-corrected chi connectivity index (χ4v) is 3.70. The number of nitrogens with zero attached hydrogens (tertiary/aromatic N) is 1. The number of ether oxygens (including phenoxy) is 1. The molecule has 0 amide bonds. The van der Waals surface area contributed by atoms with Gasteiger partial charge in [-0.15, -0.1) is 0 Å². The zero-order valence-electron chi connectivity index (χ0n) is 14.8. The van der Waals surface area contributed by atoms with Crippen molar-refractivity contribution in [2.24, 2.45) is 4.99 Å². The molecule has 0 bridgehead atoms. The molecule has 3 atom stereocenters. The second-order valence-corrected chi connectivity index (χ2v) is 7.16. The molecule has 1 aliphatic rings. The van der Waals surface area contributed by atoms with Crippen molar-refractivity contribution in [1.82, 2.24) is 10.6 Å². The molecule has 0 aromatic heterocycles. The summed E-state index contributed by atoms with van der Waals surface area (Å²) >= 11 is 1.94. The first-order chi connectivity index (χ1) is 11.7. The van der Waals surface area contributed by atoms with Gasteiger partial charge in [-0.2, -0.15) is 11.8 Å². The fourth-order valence-electron chi connectivity index (χ4n) is 2.91. The molecule has 1 aliphatic carbocycles. The van der Waals surface area contributed by atoms with Crippen LogP contribution in [-0.4, -0.2) is 48.8 Å². The summed E-state index contributed by atoms with van der Waals surface area (Å²) in [6, 6.07) is 7.93. The normalized spacial score (nSPS) is 22.2. The van der Waals surface area contributed by atoms with Gasteiger partial charge in [0.2, 0.25) is 0 Å². The molecule has 2 rings (SSSR count). The van der Waals surface area contributed by atoms with Crippen molar-refractivity contribution in [3.63, 3.8) is 0 Å². The van der Waals surface area contributed by atoms with E-state index in [9.17, 15) is 5.11 Å². The van der Waals surface area contributed by atoms with Crippen molar-refractivity contribution < 1.29 is 9.84 Å². The Morgan fingerprint density at radius 3 is 2.71 bits per heavy atom. The average molecular weight is 352 g/mol. The zero-order valence-corrected chi connectivity index (χ0v) is 15.6. The van der Waals surface area contributed by atoms with Crippen LogP contribution >= 0.6 is 11.8 Å². The largest absolute Gasteiger partial charge is 0.497 e. The van der Waals surface area contributed by atoms with E-state index >= 15 is 0 Å². The summed E-state index contributed by atoms with van der Waals surface area (Å²) in [5, 5.41) is 17.9. The third kappa shape index (κ3) is 5.60. The first-order valence-electron chi connectivity index (χ1n) is 8.55. The molecule has 1 aromatic carbocycles. The molecule has 0 radical (unpaired) electrons. The predicted molar refractivity (Wildman–Crippen MR) is 102 cm³/mol. The van der Waals surface area contributed by atoms with Crippen LogP contribution in [0.5, 0.6) is 5.75 Å². The van der Waals surface area contributed by atoms with Crippen LogP contribution in [0.3, 0.4) is 0 Å². The molecule has 24 heavy (non-hydrogen) atoms. The van der Waals surface area contributed by atoms with E-state index in [-0.39, 0.29) is 0 Å². The van der Waals surface area contributed by atoms with Crippen molar-refractivity contribution in [3.8, 4) is 5.75 Å². The summed E-state index contributed by atoms with van der Waals surface area (Å²) in [6.07, 6.45) is 5.17. The van der Waals surface area contributed by atoms with Gasteiger partial charge >= 0.3 is 0 Å². The Balaban J connectivity index is 1.91. The van der Waals surface area contributed by atoms with E-state index in [4.69, 9.17) is 4.74 Å². The van der Waals surface area contributed by atoms with Crippen LogP contribution in [0.25, 0.3) is 0 Å². The molecule has 0 heterocycles. The Bertz CT molecular complexity index is 522. The Kier molecular flexibility index (Phi) is 7.72. The quantitative estimate of drug-likeness (QED) is 0.520. The molecule has 3 N–H and O–H groups in total. The molecule has 134 valence electrons. The van der Waals surface area contributed by atoms with E-state index in [1.54, 1.807) is 7.11 Å². The topological polar surface area (TPSA) is 65.9 Å². The molecule has 6 heteroatoms. The van der Waals surface area contributed by atoms with Crippen LogP contribution in [0, 0.1) is 0 Å². The number of aliphatic imine (C=N–C) groups is 1. The van der Waals surface area contributed by atoms with Gasteiger partial charge < -0.3 is 20.5 Å². The number of rotatable bonds is 7. The Morgan fingerprint density at radius 2 is 2.12 bits per heavy atom. The molecular formula is C18H29N3O2S. The zero-order chi connectivity index (χ0) is 17.4. The molecule has 3 unspecified atom stereocenters. The highest BCUT2D eigenvalue weighted by Crippen LogP contribution is 2.28. The van der Waals surface area contributed by atoms with Crippen LogP contribution in [0.1, 0.15) is 37.9 Å². The van der Waals surface area contributed by atoms with E-state index < -0.39 is 6.10 Å². The number of aliphatic hydroxyl groups excluding tert-OH is 1. The number of hydrogen-bond acceptors (Lipinski definition) is 4. The molecule has 0 aliphatic heterocycles. The van der Waals surface area contributed by atoms with Gasteiger partial charge in [-0.1, -0.05) is 12.1 Å². The Hall–Kier alpha value is -1.40. The van der Waals surface area contributed by atoms with E-state index in [2.05, 4.69) is 28.8 Å². The maximum atomic E-state index is 10.3. The minimum atomic E-state index is -0.617. The summed E-state index contributed by atoms with van der Waals surface area (Å²) in [4.78, 5) is 4.55. The van der Waals surface area contributed by atoms with Crippen molar-refractivity contribution >= 4 is 17.7 Å². The molecule has 1 aromatic rings. The van der Waals surface area contributed by atoms with Crippen molar-refractivity contribution in [2.45, 2.75) is 43.6 Å². The standard InChI is InChI=1S/C18H29N3O2S/c1-4-19-18(21-14-7-10-16(11-14)24-3)20-12-17(22)13-5-8-15(23-2)9-6-13/h5-6,8-9,14,16-17,22H,4,7,10-12H2,1-3H3,(H2,19,20,21). The number of aliphatic hydroxyl groups is 1. The third-order valence-corrected chi connectivity index (χ3v) is 5.42. The van der Waals surface area contributed by atoms with Gasteiger partial charge in [-0.05, 0) is 50.1 Å². The highest BCUT2D eigenvalue weighted by Gasteiger charge is 2.24. The van der Waals surface area contributed by atoms with Gasteiger partial charge in [0.25, 0.3) is 0 Å². The lowest BCUT2D eigenvalue weighted by Crippen LogP contribution is -2.42. The van der Waals surface area contributed by atoms with Gasteiger partial charge in [-0.3, -0.25) is 4.99 Å². The lowest BCUT2D eigenvalue weighted by atomic mass is 10.1. The summed E-state index contributed by atoms with van der Waals surface area (Å²) in [7, 11) is 1.63. The smallest absolute Gasteiger partial charge is 0.191 e. The highest BCUT2D eigenvalue weighted by atomic mass is 32.2. The number of nitrogens with one attached hydrogen (secondary N) is 2. The van der Waals surface area contributed by atoms with E-state index in [1.807, 2.05) is 36.0 Å². The van der Waals surface area contributed by atoms with E-state index in [0.29, 0.717) is 12.6 Å². The molecule has 1 saturated carbocycles. The summed E-state index contributed by atoms with van der Waals surface area (Å²) < 4.78 is 5.14. The van der Waals surface area contributed by atoms with Gasteiger partial charge in [0.1, 0.15) is 5.75 Å². The van der Waals surface area contributed by atoms with Gasteiger partial charge in [-0.25, -0.2) is 0 Å². The third-order valence-electron chi connectivity index (χ3n) is 4.33. The van der Waals surface area contributed by atoms with Crippen LogP contribution in [0.2, 0.25) is 0 Å². The summed E-state index contributed by atoms with van der Waals surface area (Å²) in [5.74, 6) is 1.57. The van der Waals surface area contributed by atoms with Gasteiger partial charge in [0.05, 0.1) is 19.8 Å². The molecule has 1 fully saturated rings. The first-order valence-corrected chi connectivity index (χ1v) is 9.84. The number of guanidine groups is 1. The number of thioether (sulfide) groups is 1.